The average molecular weight is 522 g/mol. The molecule has 0 saturated carbocycles. The van der Waals surface area contributed by atoms with Crippen molar-refractivity contribution < 1.29 is 26.4 Å². The Balaban J connectivity index is 1.34. The molecule has 0 radical (unpaired) electrons. The van der Waals surface area contributed by atoms with E-state index in [4.69, 9.17) is 4.74 Å². The smallest absolute Gasteiger partial charge is 0.243 e. The highest BCUT2D eigenvalue weighted by Gasteiger charge is 2.28. The summed E-state index contributed by atoms with van der Waals surface area (Å²) in [5, 5.41) is 3.01. The SMILES string of the molecule is CC1CCN(S(=O)(=O)c2ccc(NCC(=O)c3ccc(S(=O)(=O)N4CCOCC4)cc3)cc2)CC1. The van der Waals surface area contributed by atoms with Gasteiger partial charge in [0.25, 0.3) is 0 Å². The summed E-state index contributed by atoms with van der Waals surface area (Å²) < 4.78 is 59.3. The maximum absolute atomic E-state index is 12.9. The molecule has 2 fully saturated rings. The van der Waals surface area contributed by atoms with E-state index < -0.39 is 20.0 Å². The number of carbonyl (C=O) groups excluding carboxylic acids is 1. The number of ketones is 1. The number of nitrogens with zero attached hydrogens (tertiary/aromatic N) is 2. The van der Waals surface area contributed by atoms with Crippen molar-refractivity contribution in [3.8, 4) is 0 Å². The van der Waals surface area contributed by atoms with Crippen molar-refractivity contribution in [2.45, 2.75) is 29.6 Å². The van der Waals surface area contributed by atoms with Crippen LogP contribution in [-0.4, -0.2) is 77.2 Å². The van der Waals surface area contributed by atoms with Crippen LogP contribution in [0.1, 0.15) is 30.1 Å². The van der Waals surface area contributed by atoms with Crippen molar-refractivity contribution in [1.82, 2.24) is 8.61 Å². The molecule has 0 aromatic heterocycles. The van der Waals surface area contributed by atoms with Crippen molar-refractivity contribution in [3.63, 3.8) is 0 Å². The highest BCUT2D eigenvalue weighted by molar-refractivity contribution is 7.89. The van der Waals surface area contributed by atoms with Gasteiger partial charge in [0.15, 0.2) is 5.78 Å². The topological polar surface area (TPSA) is 113 Å². The first-order valence-electron chi connectivity index (χ1n) is 11.7. The second-order valence-electron chi connectivity index (χ2n) is 8.93. The second-order valence-corrected chi connectivity index (χ2v) is 12.8. The van der Waals surface area contributed by atoms with Crippen LogP contribution >= 0.6 is 0 Å². The fraction of sp³-hybridized carbons (Fsp3) is 0.458. The zero-order valence-corrected chi connectivity index (χ0v) is 21.4. The highest BCUT2D eigenvalue weighted by atomic mass is 32.2. The van der Waals surface area contributed by atoms with Crippen LogP contribution in [0.3, 0.4) is 0 Å². The van der Waals surface area contributed by atoms with Gasteiger partial charge in [0.1, 0.15) is 0 Å². The summed E-state index contributed by atoms with van der Waals surface area (Å²) in [5.74, 6) is 0.329. The maximum Gasteiger partial charge on any atom is 0.243 e. The maximum atomic E-state index is 12.9. The van der Waals surface area contributed by atoms with Crippen molar-refractivity contribution in [1.29, 1.82) is 0 Å². The number of benzene rings is 2. The number of piperidine rings is 1. The number of carbonyl (C=O) groups is 1. The molecule has 2 aromatic rings. The molecular weight excluding hydrogens is 490 g/mol. The Bertz CT molecular complexity index is 1230. The van der Waals surface area contributed by atoms with Crippen LogP contribution < -0.4 is 5.32 Å². The van der Waals surface area contributed by atoms with Crippen LogP contribution in [0, 0.1) is 5.92 Å². The number of hydrogen-bond donors (Lipinski definition) is 1. The summed E-state index contributed by atoms with van der Waals surface area (Å²) in [5.41, 5.74) is 1.01. The Labute approximate surface area is 207 Å². The molecule has 0 amide bonds. The van der Waals surface area contributed by atoms with Gasteiger partial charge < -0.3 is 10.1 Å². The van der Waals surface area contributed by atoms with Crippen LogP contribution in [0.4, 0.5) is 5.69 Å². The van der Waals surface area contributed by atoms with Gasteiger partial charge in [-0.3, -0.25) is 4.79 Å². The van der Waals surface area contributed by atoms with E-state index in [0.717, 1.165) is 12.8 Å². The molecule has 0 atom stereocenters. The lowest BCUT2D eigenvalue weighted by Crippen LogP contribution is -2.40. The van der Waals surface area contributed by atoms with E-state index in [1.807, 2.05) is 0 Å². The molecule has 35 heavy (non-hydrogen) atoms. The van der Waals surface area contributed by atoms with Gasteiger partial charge in [-0.25, -0.2) is 16.8 Å². The molecule has 0 aliphatic carbocycles. The zero-order chi connectivity index (χ0) is 25.1. The van der Waals surface area contributed by atoms with Crippen molar-refractivity contribution in [3.05, 3.63) is 54.1 Å². The Morgan fingerprint density at radius 2 is 1.31 bits per heavy atom. The fourth-order valence-corrected chi connectivity index (χ4v) is 7.03. The zero-order valence-electron chi connectivity index (χ0n) is 19.7. The Kier molecular flexibility index (Phi) is 7.92. The van der Waals surface area contributed by atoms with Crippen molar-refractivity contribution >= 4 is 31.5 Å². The van der Waals surface area contributed by atoms with Gasteiger partial charge in [-0.2, -0.15) is 8.61 Å². The van der Waals surface area contributed by atoms with Crippen molar-refractivity contribution in [2.75, 3.05) is 51.3 Å². The molecule has 2 aromatic carbocycles. The van der Waals surface area contributed by atoms with Crippen LogP contribution in [-0.2, 0) is 24.8 Å². The largest absolute Gasteiger partial charge is 0.379 e. The van der Waals surface area contributed by atoms with Gasteiger partial charge >= 0.3 is 0 Å². The molecule has 2 aliphatic heterocycles. The predicted octanol–water partition coefficient (Wildman–Crippen LogP) is 2.42. The van der Waals surface area contributed by atoms with Crippen LogP contribution in [0.15, 0.2) is 58.3 Å². The molecule has 190 valence electrons. The van der Waals surface area contributed by atoms with Gasteiger partial charge in [-0.05, 0) is 67.3 Å². The van der Waals surface area contributed by atoms with E-state index in [0.29, 0.717) is 56.6 Å². The van der Waals surface area contributed by atoms with Gasteiger partial charge in [0, 0.05) is 37.4 Å². The molecule has 2 aliphatic rings. The quantitative estimate of drug-likeness (QED) is 0.531. The number of Topliss-reactive ketones (excluding diaryl/α,β-unsaturated/α-hetero) is 1. The molecule has 9 nitrogen and oxygen atoms in total. The molecule has 11 heteroatoms. The molecule has 0 unspecified atom stereocenters. The van der Waals surface area contributed by atoms with E-state index in [9.17, 15) is 21.6 Å². The summed E-state index contributed by atoms with van der Waals surface area (Å²) in [4.78, 5) is 13.0. The number of rotatable bonds is 8. The average Bonchev–Trinajstić information content (AvgIpc) is 2.88. The van der Waals surface area contributed by atoms with Crippen LogP contribution in [0.2, 0.25) is 0 Å². The first-order valence-corrected chi connectivity index (χ1v) is 14.6. The lowest BCUT2D eigenvalue weighted by molar-refractivity contribution is 0.0730. The molecule has 0 spiro atoms. The number of anilines is 1. The van der Waals surface area contributed by atoms with Crippen LogP contribution in [0.5, 0.6) is 0 Å². The van der Waals surface area contributed by atoms with E-state index >= 15 is 0 Å². The predicted molar refractivity (Wildman–Crippen MR) is 132 cm³/mol. The summed E-state index contributed by atoms with van der Waals surface area (Å²) in [7, 11) is -7.13. The molecule has 2 saturated heterocycles. The van der Waals surface area contributed by atoms with Gasteiger partial charge in [-0.1, -0.05) is 6.92 Å². The molecular formula is C24H31N3O6S2. The Hall–Kier alpha value is -2.31. The Morgan fingerprint density at radius 3 is 1.86 bits per heavy atom. The summed E-state index contributed by atoms with van der Waals surface area (Å²) in [6.07, 6.45) is 1.72. The number of sulfonamides is 2. The van der Waals surface area contributed by atoms with Gasteiger partial charge in [0.2, 0.25) is 20.0 Å². The lowest BCUT2D eigenvalue weighted by atomic mass is 10.0. The number of nitrogens with one attached hydrogen (secondary N) is 1. The monoisotopic (exact) mass is 521 g/mol. The van der Waals surface area contributed by atoms with E-state index in [1.165, 1.54) is 32.9 Å². The minimum Gasteiger partial charge on any atom is -0.379 e. The molecule has 2 heterocycles. The summed E-state index contributed by atoms with van der Waals surface area (Å²) in [6, 6.07) is 12.3. The number of ether oxygens (including phenoxy) is 1. The minimum atomic E-state index is -3.61. The van der Waals surface area contributed by atoms with E-state index in [2.05, 4.69) is 12.2 Å². The molecule has 4 rings (SSSR count). The third-order valence-electron chi connectivity index (χ3n) is 6.47. The van der Waals surface area contributed by atoms with Gasteiger partial charge in [-0.15, -0.1) is 0 Å². The third-order valence-corrected chi connectivity index (χ3v) is 10.3. The fourth-order valence-electron chi connectivity index (χ4n) is 4.15. The van der Waals surface area contributed by atoms with Gasteiger partial charge in [0.05, 0.1) is 29.5 Å². The normalized spacial score (nSPS) is 18.9. The summed E-state index contributed by atoms with van der Waals surface area (Å²) >= 11 is 0. The Morgan fingerprint density at radius 1 is 0.829 bits per heavy atom. The first-order chi connectivity index (χ1) is 16.7. The lowest BCUT2D eigenvalue weighted by Gasteiger charge is -2.29. The van der Waals surface area contributed by atoms with E-state index in [-0.39, 0.29) is 22.1 Å². The second kappa shape index (κ2) is 10.8. The first kappa shape index (κ1) is 25.8. The highest BCUT2D eigenvalue weighted by Crippen LogP contribution is 2.24. The molecule has 1 N–H and O–H groups in total. The molecule has 0 bridgehead atoms. The minimum absolute atomic E-state index is 0.00826. The summed E-state index contributed by atoms with van der Waals surface area (Å²) in [6.45, 7) is 4.54. The third kappa shape index (κ3) is 5.92. The standard InChI is InChI=1S/C24H31N3O6S2/c1-19-10-12-26(13-11-19)34(29,30)23-8-4-21(5-9-23)25-18-24(28)20-2-6-22(7-3-20)35(31,32)27-14-16-33-17-15-27/h2-9,19,25H,10-18H2,1H3. The number of morpholine rings is 1. The van der Waals surface area contributed by atoms with Crippen molar-refractivity contribution in [2.24, 2.45) is 5.92 Å². The number of hydrogen-bond acceptors (Lipinski definition) is 7. The van der Waals surface area contributed by atoms with E-state index in [1.54, 1.807) is 24.3 Å². The van der Waals surface area contributed by atoms with Crippen LogP contribution in [0.25, 0.3) is 0 Å².